The summed E-state index contributed by atoms with van der Waals surface area (Å²) in [6.07, 6.45) is 0. The van der Waals surface area contributed by atoms with Crippen molar-refractivity contribution in [2.24, 2.45) is 0 Å². The molecule has 2 rings (SSSR count). The Morgan fingerprint density at radius 1 is 0.889 bits per heavy atom. The van der Waals surface area contributed by atoms with Crippen LogP contribution in [0.15, 0.2) is 48.5 Å². The predicted octanol–water partition coefficient (Wildman–Crippen LogP) is 3.51. The van der Waals surface area contributed by atoms with Crippen LogP contribution in [-0.2, 0) is 4.79 Å². The zero-order chi connectivity index (χ0) is 20.0. The van der Waals surface area contributed by atoms with E-state index in [9.17, 15) is 14.4 Å². The Hall–Kier alpha value is -2.66. The molecule has 0 radical (unpaired) electrons. The second-order valence-electron chi connectivity index (χ2n) is 6.11. The highest BCUT2D eigenvalue weighted by Gasteiger charge is 2.23. The molecule has 0 bridgehead atoms. The van der Waals surface area contributed by atoms with Crippen molar-refractivity contribution >= 4 is 29.2 Å². The third-order valence-electron chi connectivity index (χ3n) is 4.34. The quantitative estimate of drug-likeness (QED) is 0.684. The van der Waals surface area contributed by atoms with Crippen molar-refractivity contribution < 1.29 is 14.4 Å². The van der Waals surface area contributed by atoms with Crippen molar-refractivity contribution in [1.29, 1.82) is 0 Å². The molecule has 2 amide bonds. The highest BCUT2D eigenvalue weighted by molar-refractivity contribution is 6.30. The molecule has 2 aromatic carbocycles. The van der Waals surface area contributed by atoms with E-state index in [4.69, 9.17) is 11.6 Å². The van der Waals surface area contributed by atoms with Gasteiger partial charge in [-0.25, -0.2) is 0 Å². The lowest BCUT2D eigenvalue weighted by molar-refractivity contribution is -0.131. The van der Waals surface area contributed by atoms with E-state index in [1.807, 2.05) is 13.8 Å². The van der Waals surface area contributed by atoms with E-state index >= 15 is 0 Å². The first-order valence-electron chi connectivity index (χ1n) is 8.81. The van der Waals surface area contributed by atoms with Gasteiger partial charge in [0, 0.05) is 36.3 Å². The number of hydrogen-bond donors (Lipinski definition) is 0. The van der Waals surface area contributed by atoms with Crippen molar-refractivity contribution in [3.63, 3.8) is 0 Å². The lowest BCUT2D eigenvalue weighted by Crippen LogP contribution is -2.41. The molecule has 0 saturated heterocycles. The molecule has 142 valence electrons. The van der Waals surface area contributed by atoms with Gasteiger partial charge in [-0.1, -0.05) is 29.8 Å². The molecule has 0 atom stereocenters. The van der Waals surface area contributed by atoms with Crippen LogP contribution in [-0.4, -0.2) is 54.1 Å². The first kappa shape index (κ1) is 20.6. The molecule has 0 N–H and O–H groups in total. The van der Waals surface area contributed by atoms with Gasteiger partial charge in [-0.3, -0.25) is 14.4 Å². The van der Waals surface area contributed by atoms with Crippen molar-refractivity contribution in [2.45, 2.75) is 13.8 Å². The largest absolute Gasteiger partial charge is 0.342 e. The summed E-state index contributed by atoms with van der Waals surface area (Å²) < 4.78 is 0. The maximum Gasteiger partial charge on any atom is 0.254 e. The van der Waals surface area contributed by atoms with Gasteiger partial charge in [0.05, 0.1) is 12.1 Å². The summed E-state index contributed by atoms with van der Waals surface area (Å²) in [6.45, 7) is 4.92. The van der Waals surface area contributed by atoms with Crippen LogP contribution < -0.4 is 0 Å². The molecular weight excluding hydrogens is 364 g/mol. The van der Waals surface area contributed by atoms with Gasteiger partial charge in [-0.2, -0.15) is 0 Å². The normalized spacial score (nSPS) is 10.4. The van der Waals surface area contributed by atoms with E-state index < -0.39 is 0 Å². The van der Waals surface area contributed by atoms with Crippen LogP contribution in [0.3, 0.4) is 0 Å². The second kappa shape index (κ2) is 9.33. The van der Waals surface area contributed by atoms with Crippen LogP contribution in [0, 0.1) is 0 Å². The summed E-state index contributed by atoms with van der Waals surface area (Å²) in [5.41, 5.74) is 1.01. The molecule has 0 aromatic heterocycles. The molecule has 0 fully saturated rings. The summed E-state index contributed by atoms with van der Waals surface area (Å²) in [5.74, 6) is -0.759. The summed E-state index contributed by atoms with van der Waals surface area (Å²) in [5, 5.41) is 0.533. The average molecular weight is 387 g/mol. The Labute approximate surface area is 164 Å². The first-order valence-corrected chi connectivity index (χ1v) is 9.19. The average Bonchev–Trinajstić information content (AvgIpc) is 2.68. The van der Waals surface area contributed by atoms with Crippen molar-refractivity contribution in [1.82, 2.24) is 9.80 Å². The molecule has 6 heteroatoms. The van der Waals surface area contributed by atoms with E-state index in [1.54, 1.807) is 60.5 Å². The molecule has 5 nitrogen and oxygen atoms in total. The van der Waals surface area contributed by atoms with Crippen LogP contribution >= 0.6 is 11.6 Å². The molecule has 0 aliphatic heterocycles. The number of ketones is 1. The van der Waals surface area contributed by atoms with Gasteiger partial charge in [0.1, 0.15) is 0 Å². The Bertz CT molecular complexity index is 830. The van der Waals surface area contributed by atoms with Crippen molar-refractivity contribution in [3.05, 3.63) is 70.2 Å². The Morgan fingerprint density at radius 3 is 2.00 bits per heavy atom. The van der Waals surface area contributed by atoms with Gasteiger partial charge in [0.2, 0.25) is 5.91 Å². The Kier molecular flexibility index (Phi) is 7.13. The molecule has 27 heavy (non-hydrogen) atoms. The van der Waals surface area contributed by atoms with Gasteiger partial charge in [-0.15, -0.1) is 0 Å². The minimum atomic E-state index is -0.367. The van der Waals surface area contributed by atoms with E-state index in [-0.39, 0.29) is 29.7 Å². The van der Waals surface area contributed by atoms with E-state index in [0.717, 1.165) is 0 Å². The molecule has 0 unspecified atom stereocenters. The first-order chi connectivity index (χ1) is 12.9. The molecule has 2 aromatic rings. The SMILES string of the molecule is CCN(CC)C(=O)CN(C)C(=O)c1ccccc1C(=O)c1ccc(Cl)cc1. The highest BCUT2D eigenvalue weighted by Crippen LogP contribution is 2.18. The van der Waals surface area contributed by atoms with Gasteiger partial charge in [-0.05, 0) is 44.2 Å². The van der Waals surface area contributed by atoms with Crippen molar-refractivity contribution in [2.75, 3.05) is 26.7 Å². The minimum Gasteiger partial charge on any atom is -0.342 e. The fourth-order valence-corrected chi connectivity index (χ4v) is 2.91. The number of hydrogen-bond acceptors (Lipinski definition) is 3. The second-order valence-corrected chi connectivity index (χ2v) is 6.55. The maximum absolute atomic E-state index is 12.9. The maximum atomic E-state index is 12.9. The molecule has 0 saturated carbocycles. The summed E-state index contributed by atoms with van der Waals surface area (Å²) in [6, 6.07) is 13.1. The van der Waals surface area contributed by atoms with Gasteiger partial charge in [0.15, 0.2) is 5.78 Å². The Balaban J connectivity index is 2.26. The van der Waals surface area contributed by atoms with E-state index in [1.165, 1.54) is 4.90 Å². The zero-order valence-corrected chi connectivity index (χ0v) is 16.5. The smallest absolute Gasteiger partial charge is 0.254 e. The number of carbonyl (C=O) groups excluding carboxylic acids is 3. The van der Waals surface area contributed by atoms with Gasteiger partial charge in [0.25, 0.3) is 5.91 Å². The molecular formula is C21H23ClN2O3. The highest BCUT2D eigenvalue weighted by atomic mass is 35.5. The van der Waals surface area contributed by atoms with E-state index in [2.05, 4.69) is 0 Å². The standard InChI is InChI=1S/C21H23ClN2O3/c1-4-24(5-2)19(25)14-23(3)21(27)18-9-7-6-8-17(18)20(26)15-10-12-16(22)13-11-15/h6-13H,4-5,14H2,1-3H3. The third kappa shape index (κ3) is 4.95. The van der Waals surface area contributed by atoms with Crippen LogP contribution in [0.2, 0.25) is 5.02 Å². The topological polar surface area (TPSA) is 57.7 Å². The minimum absolute atomic E-state index is 0.0377. The predicted molar refractivity (Wildman–Crippen MR) is 106 cm³/mol. The Morgan fingerprint density at radius 2 is 1.44 bits per heavy atom. The van der Waals surface area contributed by atoms with Crippen LogP contribution in [0.25, 0.3) is 0 Å². The monoisotopic (exact) mass is 386 g/mol. The zero-order valence-electron chi connectivity index (χ0n) is 15.7. The fraction of sp³-hybridized carbons (Fsp3) is 0.286. The lowest BCUT2D eigenvalue weighted by Gasteiger charge is -2.23. The van der Waals surface area contributed by atoms with Crippen molar-refractivity contribution in [3.8, 4) is 0 Å². The molecule has 0 aliphatic carbocycles. The molecule has 0 heterocycles. The number of benzene rings is 2. The summed E-state index contributed by atoms with van der Waals surface area (Å²) in [4.78, 5) is 41.0. The number of nitrogens with zero attached hydrogens (tertiary/aromatic N) is 2. The van der Waals surface area contributed by atoms with Crippen LogP contribution in [0.1, 0.15) is 40.1 Å². The molecule has 0 spiro atoms. The van der Waals surface area contributed by atoms with E-state index in [0.29, 0.717) is 29.2 Å². The number of rotatable bonds is 7. The fourth-order valence-electron chi connectivity index (χ4n) is 2.78. The molecule has 0 aliphatic rings. The number of carbonyl (C=O) groups is 3. The lowest BCUT2D eigenvalue weighted by atomic mass is 9.97. The summed E-state index contributed by atoms with van der Waals surface area (Å²) >= 11 is 5.88. The number of amides is 2. The van der Waals surface area contributed by atoms with Crippen LogP contribution in [0.5, 0.6) is 0 Å². The summed E-state index contributed by atoms with van der Waals surface area (Å²) in [7, 11) is 1.56. The van der Waals surface area contributed by atoms with Crippen LogP contribution in [0.4, 0.5) is 0 Å². The number of likely N-dealkylation sites (N-methyl/N-ethyl adjacent to an activating group) is 2. The number of halogens is 1. The van der Waals surface area contributed by atoms with Gasteiger partial charge >= 0.3 is 0 Å². The van der Waals surface area contributed by atoms with Gasteiger partial charge < -0.3 is 9.80 Å². The third-order valence-corrected chi connectivity index (χ3v) is 4.60.